The van der Waals surface area contributed by atoms with E-state index in [0.717, 1.165) is 0 Å². The second kappa shape index (κ2) is 4.33. The number of hydrogen-bond donors (Lipinski definition) is 1. The number of hydrogen-bond acceptors (Lipinski definition) is 5. The normalized spacial score (nSPS) is 11.5. The van der Waals surface area contributed by atoms with Crippen molar-refractivity contribution in [3.05, 3.63) is 6.33 Å². The first-order valence-corrected chi connectivity index (χ1v) is 3.96. The number of ether oxygens (including phenoxy) is 2. The van der Waals surface area contributed by atoms with Gasteiger partial charge in [-0.3, -0.25) is 0 Å². The molecule has 0 bridgehead atoms. The van der Waals surface area contributed by atoms with Crippen LogP contribution in [0.5, 0.6) is 11.6 Å². The van der Waals surface area contributed by atoms with Gasteiger partial charge >= 0.3 is 0 Å². The van der Waals surface area contributed by atoms with Gasteiger partial charge in [0.2, 0.25) is 5.75 Å². The molecule has 1 rings (SSSR count). The van der Waals surface area contributed by atoms with E-state index < -0.39 is 6.10 Å². The Morgan fingerprint density at radius 2 is 2.29 bits per heavy atom. The van der Waals surface area contributed by atoms with Gasteiger partial charge in [0, 0.05) is 0 Å². The Morgan fingerprint density at radius 3 is 2.86 bits per heavy atom. The summed E-state index contributed by atoms with van der Waals surface area (Å²) < 4.78 is 10.3. The molecule has 1 aromatic heterocycles. The zero-order chi connectivity index (χ0) is 10.6. The average Bonchev–Trinajstić information content (AvgIpc) is 2.18. The number of rotatable bonds is 3. The van der Waals surface area contributed by atoms with Crippen molar-refractivity contribution in [3.8, 4) is 24.0 Å². The van der Waals surface area contributed by atoms with Crippen LogP contribution in [0.3, 0.4) is 0 Å². The van der Waals surface area contributed by atoms with E-state index in [4.69, 9.17) is 21.6 Å². The fourth-order valence-corrected chi connectivity index (χ4v) is 0.848. The highest BCUT2D eigenvalue weighted by atomic mass is 16.5. The molecule has 14 heavy (non-hydrogen) atoms. The summed E-state index contributed by atoms with van der Waals surface area (Å²) in [6.07, 6.45) is 6.06. The van der Waals surface area contributed by atoms with Gasteiger partial charge < -0.3 is 15.2 Å². The lowest BCUT2D eigenvalue weighted by Crippen LogP contribution is -2.11. The minimum absolute atomic E-state index is 0.224. The molecule has 1 aromatic rings. The van der Waals surface area contributed by atoms with Gasteiger partial charge in [0.1, 0.15) is 6.33 Å². The number of methoxy groups -OCH3 is 1. The smallest absolute Gasteiger partial charge is 0.263 e. The Balaban J connectivity index is 2.97. The van der Waals surface area contributed by atoms with Gasteiger partial charge in [-0.05, 0) is 6.92 Å². The van der Waals surface area contributed by atoms with E-state index in [2.05, 4.69) is 15.9 Å². The van der Waals surface area contributed by atoms with E-state index in [0.29, 0.717) is 5.75 Å². The van der Waals surface area contributed by atoms with Gasteiger partial charge in [0.25, 0.3) is 5.88 Å². The lowest BCUT2D eigenvalue weighted by molar-refractivity contribution is 0.250. The first-order valence-electron chi connectivity index (χ1n) is 3.96. The maximum atomic E-state index is 5.54. The lowest BCUT2D eigenvalue weighted by Gasteiger charge is -2.11. The Bertz CT molecular complexity index is 360. The molecular formula is C9H11N3O2. The molecule has 0 aromatic carbocycles. The summed E-state index contributed by atoms with van der Waals surface area (Å²) in [5.41, 5.74) is 5.54. The van der Waals surface area contributed by atoms with E-state index in [1.54, 1.807) is 6.92 Å². The maximum Gasteiger partial charge on any atom is 0.263 e. The van der Waals surface area contributed by atoms with Crippen molar-refractivity contribution in [2.24, 2.45) is 0 Å². The Morgan fingerprint density at radius 1 is 1.57 bits per heavy atom. The molecule has 0 fully saturated rings. The quantitative estimate of drug-likeness (QED) is 0.706. The molecule has 0 saturated heterocycles. The number of aromatic nitrogens is 2. The van der Waals surface area contributed by atoms with Crippen molar-refractivity contribution in [2.75, 3.05) is 12.8 Å². The predicted octanol–water partition coefficient (Wildman–Crippen LogP) is 0.468. The summed E-state index contributed by atoms with van der Waals surface area (Å²) in [5, 5.41) is 0. The van der Waals surface area contributed by atoms with Crippen molar-refractivity contribution in [3.63, 3.8) is 0 Å². The van der Waals surface area contributed by atoms with E-state index in [9.17, 15) is 0 Å². The highest BCUT2D eigenvalue weighted by Gasteiger charge is 2.12. The fourth-order valence-electron chi connectivity index (χ4n) is 0.848. The van der Waals surface area contributed by atoms with Crippen LogP contribution in [0.25, 0.3) is 0 Å². The first-order chi connectivity index (χ1) is 6.69. The van der Waals surface area contributed by atoms with Crippen LogP contribution in [0.1, 0.15) is 6.92 Å². The summed E-state index contributed by atoms with van der Waals surface area (Å²) in [7, 11) is 1.46. The van der Waals surface area contributed by atoms with Gasteiger partial charge in [-0.2, -0.15) is 4.98 Å². The summed E-state index contributed by atoms with van der Waals surface area (Å²) in [6, 6.07) is 0. The van der Waals surface area contributed by atoms with Crippen molar-refractivity contribution in [1.29, 1.82) is 0 Å². The molecular weight excluding hydrogens is 182 g/mol. The number of anilines is 1. The molecule has 74 valence electrons. The Kier molecular flexibility index (Phi) is 3.13. The van der Waals surface area contributed by atoms with Gasteiger partial charge in [0.15, 0.2) is 11.9 Å². The molecule has 5 nitrogen and oxygen atoms in total. The Hall–Kier alpha value is -1.96. The van der Waals surface area contributed by atoms with Crippen LogP contribution in [0.4, 0.5) is 5.82 Å². The fraction of sp³-hybridized carbons (Fsp3) is 0.333. The van der Waals surface area contributed by atoms with Crippen LogP contribution in [0, 0.1) is 12.3 Å². The zero-order valence-electron chi connectivity index (χ0n) is 8.02. The monoisotopic (exact) mass is 193 g/mol. The maximum absolute atomic E-state index is 5.54. The van der Waals surface area contributed by atoms with Crippen LogP contribution in [0.15, 0.2) is 6.33 Å². The standard InChI is InChI=1S/C9H11N3O2/c1-4-6(2)14-9-7(13-3)8(10)11-5-12-9/h1,5-6H,2-3H3,(H2,10,11,12). The summed E-state index contributed by atoms with van der Waals surface area (Å²) in [4.78, 5) is 7.62. The molecule has 1 heterocycles. The van der Waals surface area contributed by atoms with Crippen LogP contribution >= 0.6 is 0 Å². The van der Waals surface area contributed by atoms with E-state index in [1.165, 1.54) is 13.4 Å². The highest BCUT2D eigenvalue weighted by Crippen LogP contribution is 2.28. The SMILES string of the molecule is C#CC(C)Oc1ncnc(N)c1OC. The number of nitrogens with two attached hydrogens (primary N) is 1. The summed E-state index contributed by atoms with van der Waals surface area (Å²) in [6.45, 7) is 1.72. The lowest BCUT2D eigenvalue weighted by atomic mass is 10.4. The second-order valence-corrected chi connectivity index (χ2v) is 2.52. The van der Waals surface area contributed by atoms with Crippen LogP contribution in [-0.4, -0.2) is 23.2 Å². The van der Waals surface area contributed by atoms with Crippen molar-refractivity contribution < 1.29 is 9.47 Å². The summed E-state index contributed by atoms with van der Waals surface area (Å²) >= 11 is 0. The molecule has 1 atom stereocenters. The molecule has 2 N–H and O–H groups in total. The third-order valence-electron chi connectivity index (χ3n) is 1.53. The number of nitrogens with zero attached hydrogens (tertiary/aromatic N) is 2. The third-order valence-corrected chi connectivity index (χ3v) is 1.53. The van der Waals surface area contributed by atoms with Crippen LogP contribution in [-0.2, 0) is 0 Å². The van der Waals surface area contributed by atoms with Gasteiger partial charge in [-0.1, -0.05) is 5.92 Å². The minimum Gasteiger partial charge on any atom is -0.489 e. The molecule has 0 saturated carbocycles. The molecule has 0 aliphatic heterocycles. The third kappa shape index (κ3) is 2.04. The molecule has 5 heteroatoms. The van der Waals surface area contributed by atoms with E-state index in [1.807, 2.05) is 0 Å². The molecule has 0 spiro atoms. The van der Waals surface area contributed by atoms with Gasteiger partial charge in [0.05, 0.1) is 7.11 Å². The van der Waals surface area contributed by atoms with E-state index >= 15 is 0 Å². The second-order valence-electron chi connectivity index (χ2n) is 2.52. The van der Waals surface area contributed by atoms with Gasteiger partial charge in [-0.15, -0.1) is 6.42 Å². The first kappa shape index (κ1) is 10.1. The number of nitrogen functional groups attached to an aromatic ring is 1. The Labute approximate surface area is 82.3 Å². The number of terminal acetylenes is 1. The predicted molar refractivity (Wildman–Crippen MR) is 51.9 cm³/mol. The molecule has 0 radical (unpaired) electrons. The average molecular weight is 193 g/mol. The molecule has 0 aliphatic rings. The van der Waals surface area contributed by atoms with Gasteiger partial charge in [-0.25, -0.2) is 4.98 Å². The molecule has 1 unspecified atom stereocenters. The van der Waals surface area contributed by atoms with Crippen LogP contribution < -0.4 is 15.2 Å². The minimum atomic E-state index is -0.391. The van der Waals surface area contributed by atoms with E-state index in [-0.39, 0.29) is 11.7 Å². The molecule has 0 amide bonds. The van der Waals surface area contributed by atoms with Crippen LogP contribution in [0.2, 0.25) is 0 Å². The van der Waals surface area contributed by atoms with Crippen molar-refractivity contribution >= 4 is 5.82 Å². The topological polar surface area (TPSA) is 70.3 Å². The van der Waals surface area contributed by atoms with Crippen molar-refractivity contribution in [2.45, 2.75) is 13.0 Å². The molecule has 0 aliphatic carbocycles. The highest BCUT2D eigenvalue weighted by molar-refractivity contribution is 5.51. The summed E-state index contributed by atoms with van der Waals surface area (Å²) in [5.74, 6) is 3.18. The van der Waals surface area contributed by atoms with Crippen molar-refractivity contribution in [1.82, 2.24) is 9.97 Å². The largest absolute Gasteiger partial charge is 0.489 e. The zero-order valence-corrected chi connectivity index (χ0v) is 8.02.